The van der Waals surface area contributed by atoms with Gasteiger partial charge in [0.2, 0.25) is 5.76 Å². The van der Waals surface area contributed by atoms with Gasteiger partial charge in [-0.15, -0.1) is 0 Å². The standard InChI is InChI=1S/C14H11FN4O2/c1-7-5-11(21-19-7)14(20)18-10-6-17-13-8(12(10)16)3-2-4-9(13)15/h2-6H,1H3,(H2,16,17)(H,18,20). The Kier molecular flexibility index (Phi) is 3.02. The third-order valence-corrected chi connectivity index (χ3v) is 2.99. The Labute approximate surface area is 118 Å². The van der Waals surface area contributed by atoms with Crippen LogP contribution in [0.2, 0.25) is 0 Å². The maximum atomic E-state index is 13.6. The second kappa shape index (κ2) is 4.86. The lowest BCUT2D eigenvalue weighted by molar-refractivity contribution is 0.0988. The predicted molar refractivity (Wildman–Crippen MR) is 75.3 cm³/mol. The number of nitrogens with two attached hydrogens (primary N) is 1. The summed E-state index contributed by atoms with van der Waals surface area (Å²) in [6.45, 7) is 1.70. The number of nitrogen functional groups attached to an aromatic ring is 1. The highest BCUT2D eigenvalue weighted by Gasteiger charge is 2.15. The van der Waals surface area contributed by atoms with Gasteiger partial charge in [-0.05, 0) is 13.0 Å². The Bertz CT molecular complexity index is 844. The first kappa shape index (κ1) is 13.0. The van der Waals surface area contributed by atoms with Crippen LogP contribution in [-0.2, 0) is 0 Å². The summed E-state index contributed by atoms with van der Waals surface area (Å²) in [7, 11) is 0. The molecular weight excluding hydrogens is 275 g/mol. The van der Waals surface area contributed by atoms with Gasteiger partial charge in [0.15, 0.2) is 0 Å². The molecular formula is C14H11FN4O2. The van der Waals surface area contributed by atoms with E-state index >= 15 is 0 Å². The summed E-state index contributed by atoms with van der Waals surface area (Å²) < 4.78 is 18.5. The number of anilines is 2. The number of nitrogens with zero attached hydrogens (tertiary/aromatic N) is 2. The average Bonchev–Trinajstić information content (AvgIpc) is 2.89. The molecule has 7 heteroatoms. The van der Waals surface area contributed by atoms with Gasteiger partial charge in [0, 0.05) is 11.5 Å². The number of hydrogen-bond donors (Lipinski definition) is 2. The lowest BCUT2D eigenvalue weighted by Gasteiger charge is -2.09. The molecule has 2 heterocycles. The van der Waals surface area contributed by atoms with Crippen LogP contribution in [0.3, 0.4) is 0 Å². The number of hydrogen-bond acceptors (Lipinski definition) is 5. The monoisotopic (exact) mass is 286 g/mol. The number of aromatic nitrogens is 2. The fourth-order valence-corrected chi connectivity index (χ4v) is 1.96. The Morgan fingerprint density at radius 3 is 2.95 bits per heavy atom. The second-order valence-electron chi connectivity index (χ2n) is 4.51. The highest BCUT2D eigenvalue weighted by atomic mass is 19.1. The van der Waals surface area contributed by atoms with Gasteiger partial charge in [-0.25, -0.2) is 4.39 Å². The fourth-order valence-electron chi connectivity index (χ4n) is 1.96. The molecule has 21 heavy (non-hydrogen) atoms. The predicted octanol–water partition coefficient (Wildman–Crippen LogP) is 2.50. The molecule has 0 saturated heterocycles. The molecule has 106 valence electrons. The van der Waals surface area contributed by atoms with Crippen molar-refractivity contribution in [2.45, 2.75) is 6.92 Å². The number of para-hydroxylation sites is 1. The van der Waals surface area contributed by atoms with E-state index in [4.69, 9.17) is 10.3 Å². The topological polar surface area (TPSA) is 94.0 Å². The quantitative estimate of drug-likeness (QED) is 0.754. The summed E-state index contributed by atoms with van der Waals surface area (Å²) in [5.74, 6) is -0.908. The Hall–Kier alpha value is -2.96. The van der Waals surface area contributed by atoms with Crippen molar-refractivity contribution in [1.82, 2.24) is 10.1 Å². The van der Waals surface area contributed by atoms with E-state index in [9.17, 15) is 9.18 Å². The van der Waals surface area contributed by atoms with Crippen molar-refractivity contribution in [2.24, 2.45) is 0 Å². The first-order valence-corrected chi connectivity index (χ1v) is 6.13. The largest absolute Gasteiger partial charge is 0.396 e. The van der Waals surface area contributed by atoms with E-state index in [0.717, 1.165) is 0 Å². The number of rotatable bonds is 2. The molecule has 3 N–H and O–H groups in total. The van der Waals surface area contributed by atoms with Gasteiger partial charge in [0.05, 0.1) is 23.3 Å². The molecule has 0 aliphatic carbocycles. The van der Waals surface area contributed by atoms with Crippen LogP contribution in [0, 0.1) is 12.7 Å². The van der Waals surface area contributed by atoms with E-state index in [1.54, 1.807) is 13.0 Å². The van der Waals surface area contributed by atoms with Crippen molar-refractivity contribution in [2.75, 3.05) is 11.1 Å². The summed E-state index contributed by atoms with van der Waals surface area (Å²) >= 11 is 0. The molecule has 0 fully saturated rings. The number of fused-ring (bicyclic) bond motifs is 1. The molecule has 0 atom stereocenters. The van der Waals surface area contributed by atoms with Crippen LogP contribution < -0.4 is 11.1 Å². The average molecular weight is 286 g/mol. The van der Waals surface area contributed by atoms with Crippen LogP contribution in [0.1, 0.15) is 16.2 Å². The lowest BCUT2D eigenvalue weighted by atomic mass is 10.1. The van der Waals surface area contributed by atoms with Gasteiger partial charge < -0.3 is 15.6 Å². The molecule has 2 aromatic heterocycles. The molecule has 1 aromatic carbocycles. The second-order valence-corrected chi connectivity index (χ2v) is 4.51. The van der Waals surface area contributed by atoms with Gasteiger partial charge in [0.25, 0.3) is 5.91 Å². The summed E-state index contributed by atoms with van der Waals surface area (Å²) in [5, 5.41) is 6.63. The number of benzene rings is 1. The van der Waals surface area contributed by atoms with Crippen LogP contribution in [0.15, 0.2) is 35.0 Å². The van der Waals surface area contributed by atoms with Crippen LogP contribution >= 0.6 is 0 Å². The van der Waals surface area contributed by atoms with Gasteiger partial charge >= 0.3 is 0 Å². The van der Waals surface area contributed by atoms with Crippen molar-refractivity contribution in [1.29, 1.82) is 0 Å². The summed E-state index contributed by atoms with van der Waals surface area (Å²) in [4.78, 5) is 16.0. The zero-order valence-corrected chi connectivity index (χ0v) is 11.1. The minimum Gasteiger partial charge on any atom is -0.396 e. The SMILES string of the molecule is Cc1cc(C(=O)Nc2cnc3c(F)cccc3c2N)on1. The molecule has 6 nitrogen and oxygen atoms in total. The van der Waals surface area contributed by atoms with Crippen LogP contribution in [0.25, 0.3) is 10.9 Å². The molecule has 0 aliphatic rings. The number of pyridine rings is 1. The van der Waals surface area contributed by atoms with Gasteiger partial charge in [-0.3, -0.25) is 9.78 Å². The Morgan fingerprint density at radius 1 is 1.43 bits per heavy atom. The smallest absolute Gasteiger partial charge is 0.294 e. The van der Waals surface area contributed by atoms with Gasteiger partial charge in [-0.2, -0.15) is 0 Å². The van der Waals surface area contributed by atoms with Crippen molar-refractivity contribution in [3.8, 4) is 0 Å². The van der Waals surface area contributed by atoms with Crippen molar-refractivity contribution in [3.05, 3.63) is 47.7 Å². The van der Waals surface area contributed by atoms with Crippen LogP contribution in [0.5, 0.6) is 0 Å². The first-order valence-electron chi connectivity index (χ1n) is 6.13. The lowest BCUT2D eigenvalue weighted by Crippen LogP contribution is -2.13. The fraction of sp³-hybridized carbons (Fsp3) is 0.0714. The molecule has 0 spiro atoms. The van der Waals surface area contributed by atoms with E-state index in [0.29, 0.717) is 11.1 Å². The third-order valence-electron chi connectivity index (χ3n) is 2.99. The number of aryl methyl sites for hydroxylation is 1. The van der Waals surface area contributed by atoms with Crippen LogP contribution in [0.4, 0.5) is 15.8 Å². The molecule has 0 bridgehead atoms. The van der Waals surface area contributed by atoms with E-state index in [1.807, 2.05) is 0 Å². The third kappa shape index (κ3) is 2.29. The number of nitrogens with one attached hydrogen (secondary N) is 1. The first-order chi connectivity index (χ1) is 10.1. The van der Waals surface area contributed by atoms with E-state index in [1.165, 1.54) is 24.4 Å². The minimum absolute atomic E-state index is 0.0613. The molecule has 0 radical (unpaired) electrons. The summed E-state index contributed by atoms with van der Waals surface area (Å²) in [6, 6.07) is 5.96. The normalized spacial score (nSPS) is 10.8. The Morgan fingerprint density at radius 2 is 2.24 bits per heavy atom. The van der Waals surface area contributed by atoms with Gasteiger partial charge in [0.1, 0.15) is 11.3 Å². The van der Waals surface area contributed by atoms with Crippen LogP contribution in [-0.4, -0.2) is 16.0 Å². The maximum Gasteiger partial charge on any atom is 0.294 e. The molecule has 3 aromatic rings. The molecule has 3 rings (SSSR count). The zero-order chi connectivity index (χ0) is 15.0. The highest BCUT2D eigenvalue weighted by molar-refractivity contribution is 6.07. The molecule has 0 unspecified atom stereocenters. The number of amides is 1. The van der Waals surface area contributed by atoms with Gasteiger partial charge in [-0.1, -0.05) is 17.3 Å². The summed E-state index contributed by atoms with van der Waals surface area (Å²) in [6.07, 6.45) is 1.31. The zero-order valence-electron chi connectivity index (χ0n) is 11.1. The van der Waals surface area contributed by atoms with E-state index < -0.39 is 11.7 Å². The molecule has 1 amide bonds. The number of carbonyl (C=O) groups is 1. The summed E-state index contributed by atoms with van der Waals surface area (Å²) in [5.41, 5.74) is 7.22. The molecule has 0 saturated carbocycles. The number of halogens is 1. The van der Waals surface area contributed by atoms with Crippen molar-refractivity contribution < 1.29 is 13.7 Å². The maximum absolute atomic E-state index is 13.6. The minimum atomic E-state index is -0.500. The Balaban J connectivity index is 1.98. The van der Waals surface area contributed by atoms with Crippen molar-refractivity contribution in [3.63, 3.8) is 0 Å². The van der Waals surface area contributed by atoms with Crippen molar-refractivity contribution >= 4 is 28.2 Å². The molecule has 0 aliphatic heterocycles. The number of carbonyl (C=O) groups excluding carboxylic acids is 1. The van der Waals surface area contributed by atoms with E-state index in [-0.39, 0.29) is 22.7 Å². The highest BCUT2D eigenvalue weighted by Crippen LogP contribution is 2.28. The van der Waals surface area contributed by atoms with E-state index in [2.05, 4.69) is 15.5 Å².